The third kappa shape index (κ3) is 5.82. The van der Waals surface area contributed by atoms with Gasteiger partial charge in [0.1, 0.15) is 18.8 Å². The molecule has 2 aromatic rings. The van der Waals surface area contributed by atoms with E-state index in [0.29, 0.717) is 17.2 Å². The topological polar surface area (TPSA) is 59.3 Å². The Hall–Kier alpha value is -2.36. The molecule has 0 unspecified atom stereocenters. The van der Waals surface area contributed by atoms with Crippen LogP contribution in [0.25, 0.3) is 10.8 Å². The van der Waals surface area contributed by atoms with Crippen molar-refractivity contribution in [1.82, 2.24) is 10.7 Å². The molecule has 1 aliphatic heterocycles. The lowest BCUT2D eigenvalue weighted by atomic mass is 10.0. The predicted molar refractivity (Wildman–Crippen MR) is 108 cm³/mol. The van der Waals surface area contributed by atoms with Crippen LogP contribution in [0, 0.1) is 0 Å². The highest BCUT2D eigenvalue weighted by Crippen LogP contribution is 2.27. The summed E-state index contributed by atoms with van der Waals surface area (Å²) in [6.45, 7) is 2.30. The van der Waals surface area contributed by atoms with E-state index in [1.807, 2.05) is 24.3 Å². The number of hydrogen-bond acceptors (Lipinski definition) is 4. The van der Waals surface area contributed by atoms with Gasteiger partial charge < -0.3 is 19.7 Å². The molecule has 9 heteroatoms. The quantitative estimate of drug-likeness (QED) is 0.364. The highest BCUT2D eigenvalue weighted by Gasteiger charge is 2.13. The number of alkyl halides is 2. The fourth-order valence-corrected chi connectivity index (χ4v) is 3.22. The molecule has 1 fully saturated rings. The molecule has 1 heterocycles. The molecular formula is C19H23F2N4O2S+. The van der Waals surface area contributed by atoms with Crippen molar-refractivity contribution in [2.75, 3.05) is 39.4 Å². The van der Waals surface area contributed by atoms with E-state index in [9.17, 15) is 8.78 Å². The maximum atomic E-state index is 12.7. The lowest BCUT2D eigenvalue weighted by molar-refractivity contribution is -0.906. The molecule has 0 radical (unpaired) electrons. The molecule has 0 bridgehead atoms. The highest BCUT2D eigenvalue weighted by atomic mass is 32.1. The van der Waals surface area contributed by atoms with Crippen molar-refractivity contribution >= 4 is 34.3 Å². The number of nitrogens with zero attached hydrogens (tertiary/aromatic N) is 1. The Morgan fingerprint density at radius 2 is 2.04 bits per heavy atom. The fourth-order valence-electron chi connectivity index (χ4n) is 3.07. The van der Waals surface area contributed by atoms with Gasteiger partial charge in [-0.05, 0) is 29.1 Å². The fraction of sp³-hybridized carbons (Fsp3) is 0.368. The van der Waals surface area contributed by atoms with Crippen molar-refractivity contribution in [3.8, 4) is 5.75 Å². The van der Waals surface area contributed by atoms with Crippen molar-refractivity contribution in [3.05, 3.63) is 42.0 Å². The van der Waals surface area contributed by atoms with Gasteiger partial charge in [-0.25, -0.2) is 0 Å². The standard InChI is InChI=1S/C19H22F2N4O2S/c20-18(21)27-17-6-5-14-3-1-2-4-15(14)16(17)13-23-24-19(28)22-7-8-25-9-11-26-12-10-25/h1-6,13,18H,7-12H2,(H2,22,24,28)/p+1/b23-13-. The van der Waals surface area contributed by atoms with Crippen molar-refractivity contribution in [2.45, 2.75) is 6.61 Å². The van der Waals surface area contributed by atoms with Crippen LogP contribution in [-0.4, -0.2) is 57.3 Å². The van der Waals surface area contributed by atoms with Gasteiger partial charge in [0.15, 0.2) is 5.11 Å². The SMILES string of the molecule is FC(F)Oc1ccc2ccccc2c1/C=N\NC(=S)NCC[NH+]1CCOCC1. The van der Waals surface area contributed by atoms with Gasteiger partial charge in [0.05, 0.1) is 32.5 Å². The monoisotopic (exact) mass is 409 g/mol. The molecule has 150 valence electrons. The van der Waals surface area contributed by atoms with E-state index in [-0.39, 0.29) is 5.75 Å². The summed E-state index contributed by atoms with van der Waals surface area (Å²) < 4.78 is 35.4. The summed E-state index contributed by atoms with van der Waals surface area (Å²) in [5, 5.41) is 9.23. The lowest BCUT2D eigenvalue weighted by Crippen LogP contribution is -3.14. The summed E-state index contributed by atoms with van der Waals surface area (Å²) in [6, 6.07) is 10.7. The number of halogens is 2. The molecule has 0 amide bonds. The van der Waals surface area contributed by atoms with Crippen molar-refractivity contribution in [2.24, 2.45) is 5.10 Å². The van der Waals surface area contributed by atoms with Gasteiger partial charge in [-0.2, -0.15) is 13.9 Å². The van der Waals surface area contributed by atoms with Gasteiger partial charge in [-0.15, -0.1) is 0 Å². The van der Waals surface area contributed by atoms with Crippen LogP contribution in [-0.2, 0) is 4.74 Å². The molecule has 2 aromatic carbocycles. The van der Waals surface area contributed by atoms with Crippen molar-refractivity contribution in [1.29, 1.82) is 0 Å². The summed E-state index contributed by atoms with van der Waals surface area (Å²) in [4.78, 5) is 1.47. The number of ether oxygens (including phenoxy) is 2. The Labute approximate surface area is 167 Å². The molecule has 0 saturated carbocycles. The van der Waals surface area contributed by atoms with Crippen LogP contribution in [0.3, 0.4) is 0 Å². The van der Waals surface area contributed by atoms with Crippen molar-refractivity contribution in [3.63, 3.8) is 0 Å². The molecule has 0 spiro atoms. The molecule has 0 aromatic heterocycles. The first-order chi connectivity index (χ1) is 13.6. The summed E-state index contributed by atoms with van der Waals surface area (Å²) in [5.41, 5.74) is 3.19. The normalized spacial score (nSPS) is 15.2. The summed E-state index contributed by atoms with van der Waals surface area (Å²) in [6.07, 6.45) is 1.45. The maximum Gasteiger partial charge on any atom is 0.387 e. The van der Waals surface area contributed by atoms with Gasteiger partial charge in [-0.1, -0.05) is 30.3 Å². The number of nitrogens with one attached hydrogen (secondary N) is 3. The van der Waals surface area contributed by atoms with Crippen LogP contribution in [0.5, 0.6) is 5.75 Å². The minimum Gasteiger partial charge on any atom is -0.434 e. The molecular weight excluding hydrogens is 386 g/mol. The van der Waals surface area contributed by atoms with Crippen LogP contribution in [0.1, 0.15) is 5.56 Å². The number of hydrazone groups is 1. The van der Waals surface area contributed by atoms with Crippen LogP contribution in [0.4, 0.5) is 8.78 Å². The smallest absolute Gasteiger partial charge is 0.387 e. The molecule has 0 aliphatic carbocycles. The average molecular weight is 409 g/mol. The Morgan fingerprint density at radius 1 is 1.25 bits per heavy atom. The summed E-state index contributed by atoms with van der Waals surface area (Å²) in [7, 11) is 0. The summed E-state index contributed by atoms with van der Waals surface area (Å²) >= 11 is 5.21. The van der Waals surface area contributed by atoms with Crippen LogP contribution in [0.15, 0.2) is 41.5 Å². The largest absolute Gasteiger partial charge is 0.434 e. The molecule has 1 saturated heterocycles. The van der Waals surface area contributed by atoms with E-state index in [2.05, 4.69) is 20.6 Å². The van der Waals surface area contributed by atoms with Crippen molar-refractivity contribution < 1.29 is 23.2 Å². The van der Waals surface area contributed by atoms with Gasteiger partial charge in [0, 0.05) is 5.56 Å². The zero-order chi connectivity index (χ0) is 19.8. The van der Waals surface area contributed by atoms with E-state index in [1.54, 1.807) is 6.07 Å². The first-order valence-electron chi connectivity index (χ1n) is 9.08. The molecule has 1 aliphatic rings. The number of quaternary nitrogens is 1. The second-order valence-corrected chi connectivity index (χ2v) is 6.72. The summed E-state index contributed by atoms with van der Waals surface area (Å²) in [5.74, 6) is 0.0639. The first-order valence-corrected chi connectivity index (χ1v) is 9.49. The second kappa shape index (κ2) is 10.3. The zero-order valence-electron chi connectivity index (χ0n) is 15.3. The van der Waals surface area contributed by atoms with E-state index < -0.39 is 6.61 Å². The van der Waals surface area contributed by atoms with Gasteiger partial charge >= 0.3 is 6.61 Å². The third-order valence-electron chi connectivity index (χ3n) is 4.47. The maximum absolute atomic E-state index is 12.7. The molecule has 0 atom stereocenters. The van der Waals surface area contributed by atoms with E-state index in [4.69, 9.17) is 17.0 Å². The van der Waals surface area contributed by atoms with E-state index in [1.165, 1.54) is 17.2 Å². The number of fused-ring (bicyclic) bond motifs is 1. The number of rotatable bonds is 7. The van der Waals surface area contributed by atoms with Crippen LogP contribution in [0.2, 0.25) is 0 Å². The molecule has 28 heavy (non-hydrogen) atoms. The van der Waals surface area contributed by atoms with Gasteiger partial charge in [0.25, 0.3) is 0 Å². The number of benzene rings is 2. The van der Waals surface area contributed by atoms with E-state index >= 15 is 0 Å². The molecule has 6 nitrogen and oxygen atoms in total. The highest BCUT2D eigenvalue weighted by molar-refractivity contribution is 7.80. The minimum atomic E-state index is -2.91. The molecule has 3 N–H and O–H groups in total. The van der Waals surface area contributed by atoms with Gasteiger partial charge in [-0.3, -0.25) is 5.43 Å². The predicted octanol–water partition coefficient (Wildman–Crippen LogP) is 1.15. The second-order valence-electron chi connectivity index (χ2n) is 6.32. The Kier molecular flexibility index (Phi) is 7.46. The van der Waals surface area contributed by atoms with Crippen LogP contribution >= 0.6 is 12.2 Å². The number of morpholine rings is 1. The van der Waals surface area contributed by atoms with Crippen LogP contribution < -0.4 is 20.4 Å². The van der Waals surface area contributed by atoms with E-state index in [0.717, 1.165) is 43.6 Å². The third-order valence-corrected chi connectivity index (χ3v) is 4.71. The minimum absolute atomic E-state index is 0.0639. The lowest BCUT2D eigenvalue weighted by Gasteiger charge is -2.23. The Bertz CT molecular complexity index is 829. The first kappa shape index (κ1) is 20.4. The Morgan fingerprint density at radius 3 is 2.82 bits per heavy atom. The number of thiocarbonyl (C=S) groups is 1. The van der Waals surface area contributed by atoms with Gasteiger partial charge in [0.2, 0.25) is 0 Å². The number of hydrogen-bond donors (Lipinski definition) is 3. The Balaban J connectivity index is 1.59. The molecule has 3 rings (SSSR count). The average Bonchev–Trinajstić information content (AvgIpc) is 2.70. The zero-order valence-corrected chi connectivity index (χ0v) is 16.1.